The number of primary amides is 1. The van der Waals surface area contributed by atoms with Gasteiger partial charge in [-0.25, -0.2) is 9.97 Å². The summed E-state index contributed by atoms with van der Waals surface area (Å²) in [7, 11) is 0. The molecular formula is C13H13N3O2S. The number of rotatable bonds is 5. The van der Waals surface area contributed by atoms with Gasteiger partial charge in [-0.15, -0.1) is 0 Å². The van der Waals surface area contributed by atoms with Crippen LogP contribution in [-0.2, 0) is 6.61 Å². The summed E-state index contributed by atoms with van der Waals surface area (Å²) in [4.78, 5) is 19.1. The first-order valence-electron chi connectivity index (χ1n) is 5.56. The Labute approximate surface area is 115 Å². The quantitative estimate of drug-likeness (QED) is 0.666. The first-order valence-corrected chi connectivity index (χ1v) is 6.79. The predicted molar refractivity (Wildman–Crippen MR) is 73.1 cm³/mol. The highest BCUT2D eigenvalue weighted by Crippen LogP contribution is 2.14. The lowest BCUT2D eigenvalue weighted by atomic mass is 10.1. The summed E-state index contributed by atoms with van der Waals surface area (Å²) < 4.78 is 5.54. The van der Waals surface area contributed by atoms with E-state index < -0.39 is 5.91 Å². The van der Waals surface area contributed by atoms with Crippen LogP contribution in [0.4, 0.5) is 0 Å². The highest BCUT2D eigenvalue weighted by atomic mass is 32.2. The van der Waals surface area contributed by atoms with Gasteiger partial charge in [0.2, 0.25) is 5.91 Å². The molecule has 0 atom stereocenters. The number of nitrogens with zero attached hydrogens (tertiary/aromatic N) is 2. The average Bonchev–Trinajstić information content (AvgIpc) is 2.46. The summed E-state index contributed by atoms with van der Waals surface area (Å²) in [6.07, 6.45) is 5.18. The minimum absolute atomic E-state index is 0.390. The summed E-state index contributed by atoms with van der Waals surface area (Å²) in [5, 5.41) is 0.707. The Morgan fingerprint density at radius 1 is 1.26 bits per heavy atom. The number of ether oxygens (including phenoxy) is 1. The van der Waals surface area contributed by atoms with E-state index in [1.165, 1.54) is 11.8 Å². The van der Waals surface area contributed by atoms with E-state index in [-0.39, 0.29) is 0 Å². The molecule has 1 aromatic heterocycles. The number of hydrogen-bond acceptors (Lipinski definition) is 5. The number of aromatic nitrogens is 2. The Morgan fingerprint density at radius 2 is 1.89 bits per heavy atom. The van der Waals surface area contributed by atoms with Gasteiger partial charge in [-0.05, 0) is 24.0 Å². The van der Waals surface area contributed by atoms with E-state index in [1.54, 1.807) is 36.7 Å². The minimum Gasteiger partial charge on any atom is -0.486 e. The maximum absolute atomic E-state index is 10.9. The zero-order valence-corrected chi connectivity index (χ0v) is 11.2. The topological polar surface area (TPSA) is 78.1 Å². The summed E-state index contributed by atoms with van der Waals surface area (Å²) in [6.45, 7) is 0.390. The molecule has 0 bridgehead atoms. The second-order valence-electron chi connectivity index (χ2n) is 3.76. The molecule has 0 aliphatic rings. The molecule has 2 N–H and O–H groups in total. The van der Waals surface area contributed by atoms with Crippen molar-refractivity contribution < 1.29 is 9.53 Å². The molecule has 0 aliphatic carbocycles. The number of thioether (sulfide) groups is 1. The Hall–Kier alpha value is -2.08. The van der Waals surface area contributed by atoms with Crippen LogP contribution in [0.5, 0.6) is 5.75 Å². The monoisotopic (exact) mass is 275 g/mol. The van der Waals surface area contributed by atoms with Crippen LogP contribution in [-0.4, -0.2) is 22.1 Å². The fraction of sp³-hybridized carbons (Fsp3) is 0.154. The molecule has 19 heavy (non-hydrogen) atoms. The van der Waals surface area contributed by atoms with Gasteiger partial charge in [0.05, 0.1) is 12.4 Å². The van der Waals surface area contributed by atoms with Crippen LogP contribution < -0.4 is 10.5 Å². The summed E-state index contributed by atoms with van der Waals surface area (Å²) in [5.74, 6) is 0.172. The standard InChI is InChI=1S/C13H13N3O2S/c1-19-13-15-6-11(7-16-13)18-8-9-2-4-10(5-3-9)12(14)17/h2-7H,8H2,1H3,(H2,14,17). The molecule has 0 radical (unpaired) electrons. The maximum Gasteiger partial charge on any atom is 0.248 e. The number of carbonyl (C=O) groups excluding carboxylic acids is 1. The molecule has 6 heteroatoms. The van der Waals surface area contributed by atoms with Crippen LogP contribution in [0.1, 0.15) is 15.9 Å². The largest absolute Gasteiger partial charge is 0.486 e. The molecule has 1 heterocycles. The van der Waals surface area contributed by atoms with Gasteiger partial charge in [-0.3, -0.25) is 4.79 Å². The molecule has 2 aromatic rings. The molecule has 0 saturated heterocycles. The van der Waals surface area contributed by atoms with Crippen LogP contribution >= 0.6 is 11.8 Å². The molecule has 5 nitrogen and oxygen atoms in total. The number of hydrogen-bond donors (Lipinski definition) is 1. The molecule has 0 spiro atoms. The highest BCUT2D eigenvalue weighted by Gasteiger charge is 2.01. The minimum atomic E-state index is -0.437. The number of amides is 1. The molecule has 0 saturated carbocycles. The van der Waals surface area contributed by atoms with Crippen molar-refractivity contribution in [2.45, 2.75) is 11.8 Å². The number of benzene rings is 1. The normalized spacial score (nSPS) is 10.2. The van der Waals surface area contributed by atoms with Gasteiger partial charge >= 0.3 is 0 Å². The van der Waals surface area contributed by atoms with Crippen LogP contribution in [0.15, 0.2) is 41.8 Å². The Balaban J connectivity index is 1.95. The summed E-state index contributed by atoms with van der Waals surface area (Å²) in [5.41, 5.74) is 6.59. The lowest BCUT2D eigenvalue weighted by Crippen LogP contribution is -2.10. The molecule has 0 unspecified atom stereocenters. The lowest BCUT2D eigenvalue weighted by Gasteiger charge is -2.06. The third kappa shape index (κ3) is 3.69. The third-order valence-corrected chi connectivity index (χ3v) is 3.01. The predicted octanol–water partition coefficient (Wildman–Crippen LogP) is 1.88. The molecular weight excluding hydrogens is 262 g/mol. The van der Waals surface area contributed by atoms with Crippen molar-refractivity contribution in [1.82, 2.24) is 9.97 Å². The van der Waals surface area contributed by atoms with Gasteiger partial charge in [0.1, 0.15) is 6.61 Å². The van der Waals surface area contributed by atoms with Crippen molar-refractivity contribution in [2.75, 3.05) is 6.26 Å². The zero-order chi connectivity index (χ0) is 13.7. The van der Waals surface area contributed by atoms with E-state index >= 15 is 0 Å². The van der Waals surface area contributed by atoms with Crippen molar-refractivity contribution in [1.29, 1.82) is 0 Å². The van der Waals surface area contributed by atoms with E-state index in [2.05, 4.69) is 9.97 Å². The molecule has 1 aromatic carbocycles. The number of nitrogens with two attached hydrogens (primary N) is 1. The van der Waals surface area contributed by atoms with Gasteiger partial charge in [0.15, 0.2) is 10.9 Å². The fourth-order valence-electron chi connectivity index (χ4n) is 1.42. The molecule has 1 amide bonds. The molecule has 2 rings (SSSR count). The second kappa shape index (κ2) is 6.19. The van der Waals surface area contributed by atoms with E-state index in [1.807, 2.05) is 6.26 Å². The van der Waals surface area contributed by atoms with Gasteiger partial charge < -0.3 is 10.5 Å². The van der Waals surface area contributed by atoms with E-state index in [0.29, 0.717) is 23.1 Å². The third-order valence-electron chi connectivity index (χ3n) is 2.43. The fourth-order valence-corrected chi connectivity index (χ4v) is 1.73. The Bertz CT molecular complexity index is 555. The summed E-state index contributed by atoms with van der Waals surface area (Å²) in [6, 6.07) is 6.96. The van der Waals surface area contributed by atoms with Crippen molar-refractivity contribution in [3.63, 3.8) is 0 Å². The Kier molecular flexibility index (Phi) is 4.35. The lowest BCUT2D eigenvalue weighted by molar-refractivity contribution is 0.1000. The van der Waals surface area contributed by atoms with Crippen LogP contribution in [0, 0.1) is 0 Å². The first kappa shape index (κ1) is 13.4. The number of carbonyl (C=O) groups is 1. The van der Waals surface area contributed by atoms with Crippen LogP contribution in [0.2, 0.25) is 0 Å². The smallest absolute Gasteiger partial charge is 0.248 e. The highest BCUT2D eigenvalue weighted by molar-refractivity contribution is 7.98. The van der Waals surface area contributed by atoms with Crippen molar-refractivity contribution in [3.8, 4) is 5.75 Å². The van der Waals surface area contributed by atoms with Crippen molar-refractivity contribution >= 4 is 17.7 Å². The van der Waals surface area contributed by atoms with Gasteiger partial charge in [0, 0.05) is 5.56 Å². The van der Waals surface area contributed by atoms with Gasteiger partial charge in [-0.2, -0.15) is 0 Å². The van der Waals surface area contributed by atoms with E-state index in [0.717, 1.165) is 5.56 Å². The molecule has 98 valence electrons. The Morgan fingerprint density at radius 3 is 2.42 bits per heavy atom. The van der Waals surface area contributed by atoms with Gasteiger partial charge in [0.25, 0.3) is 0 Å². The average molecular weight is 275 g/mol. The first-order chi connectivity index (χ1) is 9.19. The second-order valence-corrected chi connectivity index (χ2v) is 4.53. The van der Waals surface area contributed by atoms with Crippen molar-refractivity contribution in [2.24, 2.45) is 5.73 Å². The zero-order valence-electron chi connectivity index (χ0n) is 10.4. The van der Waals surface area contributed by atoms with Crippen molar-refractivity contribution in [3.05, 3.63) is 47.8 Å². The molecule has 0 fully saturated rings. The SMILES string of the molecule is CSc1ncc(OCc2ccc(C(N)=O)cc2)cn1. The maximum atomic E-state index is 10.9. The van der Waals surface area contributed by atoms with Crippen LogP contribution in [0.3, 0.4) is 0 Å². The van der Waals surface area contributed by atoms with Crippen LogP contribution in [0.25, 0.3) is 0 Å². The van der Waals surface area contributed by atoms with E-state index in [9.17, 15) is 4.79 Å². The summed E-state index contributed by atoms with van der Waals surface area (Å²) >= 11 is 1.47. The van der Waals surface area contributed by atoms with Gasteiger partial charge in [-0.1, -0.05) is 23.9 Å². The molecule has 0 aliphatic heterocycles. The van der Waals surface area contributed by atoms with E-state index in [4.69, 9.17) is 10.5 Å².